The van der Waals surface area contributed by atoms with Gasteiger partial charge in [0.1, 0.15) is 13.2 Å². The highest BCUT2D eigenvalue weighted by molar-refractivity contribution is 5.89. The van der Waals surface area contributed by atoms with Crippen LogP contribution in [0.25, 0.3) is 0 Å². The van der Waals surface area contributed by atoms with Crippen molar-refractivity contribution in [1.82, 2.24) is 0 Å². The van der Waals surface area contributed by atoms with Crippen molar-refractivity contribution in [1.29, 1.82) is 0 Å². The van der Waals surface area contributed by atoms with Gasteiger partial charge in [-0.05, 0) is 38.5 Å². The van der Waals surface area contributed by atoms with E-state index < -0.39 is 29.7 Å². The van der Waals surface area contributed by atoms with Gasteiger partial charge in [-0.15, -0.1) is 0 Å². The largest absolute Gasteiger partial charge is 0.481 e. The topological polar surface area (TPSA) is 89.9 Å². The van der Waals surface area contributed by atoms with Gasteiger partial charge in [0, 0.05) is 5.57 Å². The van der Waals surface area contributed by atoms with Crippen LogP contribution in [0.15, 0.2) is 23.3 Å². The Bertz CT molecular complexity index is 590. The van der Waals surface area contributed by atoms with E-state index in [4.69, 9.17) is 9.47 Å². The third kappa shape index (κ3) is 7.02. The van der Waals surface area contributed by atoms with E-state index in [9.17, 15) is 19.5 Å². The predicted molar refractivity (Wildman–Crippen MR) is 97.4 cm³/mol. The Balaban J connectivity index is 2.49. The third-order valence-electron chi connectivity index (χ3n) is 4.17. The number of allylic oxidation sites excluding steroid dienone is 3. The van der Waals surface area contributed by atoms with Gasteiger partial charge in [0.25, 0.3) is 0 Å². The number of esters is 2. The van der Waals surface area contributed by atoms with Crippen LogP contribution in [-0.4, -0.2) is 36.2 Å². The van der Waals surface area contributed by atoms with E-state index in [1.165, 1.54) is 0 Å². The first kappa shape index (κ1) is 21.9. The second kappa shape index (κ2) is 9.55. The van der Waals surface area contributed by atoms with Crippen LogP contribution in [0.3, 0.4) is 0 Å². The van der Waals surface area contributed by atoms with Gasteiger partial charge >= 0.3 is 17.9 Å². The lowest BCUT2D eigenvalue weighted by atomic mass is 9.83. The number of aliphatic carboxylic acids is 1. The molecule has 1 aliphatic carbocycles. The van der Waals surface area contributed by atoms with Crippen molar-refractivity contribution in [3.05, 3.63) is 23.3 Å². The Morgan fingerprint density at radius 1 is 1.00 bits per heavy atom. The number of hydrogen-bond acceptors (Lipinski definition) is 5. The van der Waals surface area contributed by atoms with Crippen LogP contribution in [-0.2, 0) is 23.9 Å². The summed E-state index contributed by atoms with van der Waals surface area (Å²) in [6.45, 7) is 9.73. The molecule has 0 bridgehead atoms. The number of ether oxygens (including phenoxy) is 2. The first-order valence-electron chi connectivity index (χ1n) is 8.91. The van der Waals surface area contributed by atoms with Gasteiger partial charge in [0.05, 0.1) is 11.8 Å². The molecule has 0 aromatic carbocycles. The first-order chi connectivity index (χ1) is 12.0. The molecule has 0 aromatic rings. The molecule has 0 saturated heterocycles. The van der Waals surface area contributed by atoms with Crippen LogP contribution in [0, 0.1) is 17.3 Å². The molecular formula is C20H30O6. The molecule has 0 amide bonds. The highest BCUT2D eigenvalue weighted by Crippen LogP contribution is 2.28. The summed E-state index contributed by atoms with van der Waals surface area (Å²) in [4.78, 5) is 35.6. The van der Waals surface area contributed by atoms with Crippen LogP contribution >= 0.6 is 0 Å². The second-order valence-corrected chi connectivity index (χ2v) is 8.01. The number of rotatable bonds is 7. The number of hydrogen-bond donors (Lipinski definition) is 1. The third-order valence-corrected chi connectivity index (χ3v) is 4.17. The molecule has 6 nitrogen and oxygen atoms in total. The monoisotopic (exact) mass is 366 g/mol. The van der Waals surface area contributed by atoms with E-state index in [1.807, 2.05) is 34.6 Å². The van der Waals surface area contributed by atoms with Gasteiger partial charge < -0.3 is 14.6 Å². The Kier molecular flexibility index (Phi) is 8.06. The molecule has 0 fully saturated rings. The lowest BCUT2D eigenvalue weighted by Gasteiger charge is -2.23. The van der Waals surface area contributed by atoms with Crippen molar-refractivity contribution in [2.24, 2.45) is 17.3 Å². The molecule has 0 spiro atoms. The molecule has 0 heterocycles. The van der Waals surface area contributed by atoms with E-state index in [2.05, 4.69) is 0 Å². The van der Waals surface area contributed by atoms with Crippen LogP contribution in [0.2, 0.25) is 0 Å². The van der Waals surface area contributed by atoms with Crippen molar-refractivity contribution in [2.75, 3.05) is 13.2 Å². The molecule has 1 rings (SSSR count). The number of carboxylic acid groups (broad SMARTS) is 1. The molecular weight excluding hydrogens is 336 g/mol. The van der Waals surface area contributed by atoms with E-state index in [1.54, 1.807) is 12.2 Å². The molecule has 2 atom stereocenters. The fourth-order valence-electron chi connectivity index (χ4n) is 2.80. The Hall–Kier alpha value is -2.11. The van der Waals surface area contributed by atoms with Gasteiger partial charge in [0.2, 0.25) is 0 Å². The van der Waals surface area contributed by atoms with Crippen molar-refractivity contribution >= 4 is 17.9 Å². The normalized spacial score (nSPS) is 19.6. The standard InChI is InChI=1S/C20H30O6/c1-13(2)16(12-20(3,4)5)19(24)26-11-10-25-18(23)15-9-7-6-8-14(15)17(21)22/h6-7,14-15H,8-12H2,1-5H3,(H,21,22). The van der Waals surface area contributed by atoms with Crippen molar-refractivity contribution in [3.8, 4) is 0 Å². The van der Waals surface area contributed by atoms with Gasteiger partial charge in [-0.1, -0.05) is 38.5 Å². The molecule has 0 aromatic heterocycles. The molecule has 26 heavy (non-hydrogen) atoms. The zero-order valence-electron chi connectivity index (χ0n) is 16.3. The Labute approximate surface area is 155 Å². The summed E-state index contributed by atoms with van der Waals surface area (Å²) in [5.41, 5.74) is 1.49. The fourth-order valence-corrected chi connectivity index (χ4v) is 2.80. The summed E-state index contributed by atoms with van der Waals surface area (Å²) in [6, 6.07) is 0. The molecule has 146 valence electrons. The first-order valence-corrected chi connectivity index (χ1v) is 8.91. The molecule has 0 aliphatic heterocycles. The van der Waals surface area contributed by atoms with Gasteiger partial charge in [0.15, 0.2) is 0 Å². The Morgan fingerprint density at radius 2 is 1.54 bits per heavy atom. The van der Waals surface area contributed by atoms with Crippen molar-refractivity contribution in [3.63, 3.8) is 0 Å². The minimum Gasteiger partial charge on any atom is -0.481 e. The van der Waals surface area contributed by atoms with Gasteiger partial charge in [-0.3, -0.25) is 9.59 Å². The summed E-state index contributed by atoms with van der Waals surface area (Å²) in [6.07, 6.45) is 4.83. The highest BCUT2D eigenvalue weighted by Gasteiger charge is 2.35. The van der Waals surface area contributed by atoms with E-state index in [-0.39, 0.29) is 18.6 Å². The smallest absolute Gasteiger partial charge is 0.334 e. The van der Waals surface area contributed by atoms with Gasteiger partial charge in [-0.25, -0.2) is 4.79 Å². The van der Waals surface area contributed by atoms with Gasteiger partial charge in [-0.2, -0.15) is 0 Å². The maximum absolute atomic E-state index is 12.2. The van der Waals surface area contributed by atoms with Crippen molar-refractivity contribution in [2.45, 2.75) is 53.9 Å². The maximum Gasteiger partial charge on any atom is 0.334 e. The summed E-state index contributed by atoms with van der Waals surface area (Å²) < 4.78 is 10.3. The van der Waals surface area contributed by atoms with E-state index in [0.29, 0.717) is 24.8 Å². The van der Waals surface area contributed by atoms with Crippen molar-refractivity contribution < 1.29 is 29.0 Å². The minimum atomic E-state index is -1.00. The SMILES string of the molecule is CC(C)=C(CC(C)(C)C)C(=O)OCCOC(=O)C1CC=CCC1C(=O)O. The zero-order chi connectivity index (χ0) is 19.9. The quantitative estimate of drug-likeness (QED) is 0.321. The molecule has 1 N–H and O–H groups in total. The zero-order valence-corrected chi connectivity index (χ0v) is 16.3. The molecule has 1 aliphatic rings. The molecule has 0 radical (unpaired) electrons. The maximum atomic E-state index is 12.2. The highest BCUT2D eigenvalue weighted by atomic mass is 16.6. The number of carboxylic acids is 1. The average Bonchev–Trinajstić information content (AvgIpc) is 2.55. The fraction of sp³-hybridized carbons (Fsp3) is 0.650. The summed E-state index contributed by atoms with van der Waals surface area (Å²) >= 11 is 0. The lowest BCUT2D eigenvalue weighted by molar-refractivity contribution is -0.160. The van der Waals surface area contributed by atoms with E-state index >= 15 is 0 Å². The number of carbonyl (C=O) groups is 3. The Morgan fingerprint density at radius 3 is 2.04 bits per heavy atom. The lowest BCUT2D eigenvalue weighted by Crippen LogP contribution is -2.33. The van der Waals surface area contributed by atoms with Crippen LogP contribution in [0.5, 0.6) is 0 Å². The molecule has 2 unspecified atom stereocenters. The summed E-state index contributed by atoms with van der Waals surface area (Å²) in [5, 5.41) is 9.19. The predicted octanol–water partition coefficient (Wildman–Crippen LogP) is 3.51. The van der Waals surface area contributed by atoms with Crippen LogP contribution < -0.4 is 0 Å². The summed E-state index contributed by atoms with van der Waals surface area (Å²) in [7, 11) is 0. The number of carbonyl (C=O) groups excluding carboxylic acids is 2. The second-order valence-electron chi connectivity index (χ2n) is 8.01. The van der Waals surface area contributed by atoms with Crippen LogP contribution in [0.1, 0.15) is 53.9 Å². The van der Waals surface area contributed by atoms with Crippen LogP contribution in [0.4, 0.5) is 0 Å². The van der Waals surface area contributed by atoms with E-state index in [0.717, 1.165) is 5.57 Å². The molecule has 6 heteroatoms. The minimum absolute atomic E-state index is 0.0432. The molecule has 0 saturated carbocycles. The summed E-state index contributed by atoms with van der Waals surface area (Å²) in [5.74, 6) is -3.42. The average molecular weight is 366 g/mol.